The molecule has 0 aromatic carbocycles. The van der Waals surface area contributed by atoms with Gasteiger partial charge in [-0.15, -0.1) is 0 Å². The summed E-state index contributed by atoms with van der Waals surface area (Å²) in [5.74, 6) is 1.70. The molecule has 1 nitrogen and oxygen atoms in total. The van der Waals surface area contributed by atoms with Crippen LogP contribution in [-0.2, 0) is 0 Å². The van der Waals surface area contributed by atoms with Crippen LogP contribution in [0.3, 0.4) is 0 Å². The van der Waals surface area contributed by atoms with Gasteiger partial charge in [-0.25, -0.2) is 0 Å². The molecule has 0 aromatic heterocycles. The maximum atomic E-state index is 8.96. The maximum absolute atomic E-state index is 8.96. The van der Waals surface area contributed by atoms with E-state index in [1.54, 1.807) is 0 Å². The highest BCUT2D eigenvalue weighted by Crippen LogP contribution is 2.60. The van der Waals surface area contributed by atoms with Crippen molar-refractivity contribution in [1.29, 1.82) is 0 Å². The molecule has 0 spiro atoms. The second-order valence-electron chi connectivity index (χ2n) is 5.90. The summed E-state index contributed by atoms with van der Waals surface area (Å²) in [5, 5.41) is 8.96. The SMILES string of the molecule is C=C1[C@@H]2CC[C@@H](C2)[C@]1(C)CC/C=C(/C)CO. The van der Waals surface area contributed by atoms with Gasteiger partial charge < -0.3 is 5.11 Å². The molecular weight excluding hydrogens is 196 g/mol. The van der Waals surface area contributed by atoms with Crippen LogP contribution < -0.4 is 0 Å². The van der Waals surface area contributed by atoms with Gasteiger partial charge in [0.25, 0.3) is 0 Å². The molecule has 1 heteroatoms. The van der Waals surface area contributed by atoms with Gasteiger partial charge in [0.15, 0.2) is 0 Å². The smallest absolute Gasteiger partial charge is 0.0639 e. The third-order valence-corrected chi connectivity index (χ3v) is 4.97. The van der Waals surface area contributed by atoms with E-state index in [1.165, 1.54) is 31.3 Å². The van der Waals surface area contributed by atoms with Gasteiger partial charge in [0.1, 0.15) is 0 Å². The molecule has 0 heterocycles. The summed E-state index contributed by atoms with van der Waals surface area (Å²) in [7, 11) is 0. The van der Waals surface area contributed by atoms with Crippen molar-refractivity contribution >= 4 is 0 Å². The predicted molar refractivity (Wildman–Crippen MR) is 68.2 cm³/mol. The zero-order valence-electron chi connectivity index (χ0n) is 10.6. The average Bonchev–Trinajstić information content (AvgIpc) is 2.83. The number of aliphatic hydroxyl groups is 1. The minimum Gasteiger partial charge on any atom is -0.392 e. The maximum Gasteiger partial charge on any atom is 0.0639 e. The Labute approximate surface area is 99.3 Å². The van der Waals surface area contributed by atoms with Crippen LogP contribution in [0, 0.1) is 17.3 Å². The monoisotopic (exact) mass is 220 g/mol. The van der Waals surface area contributed by atoms with E-state index in [2.05, 4.69) is 19.6 Å². The second-order valence-corrected chi connectivity index (χ2v) is 5.90. The summed E-state index contributed by atoms with van der Waals surface area (Å²) in [6, 6.07) is 0. The molecule has 0 aromatic rings. The zero-order valence-corrected chi connectivity index (χ0v) is 10.6. The highest BCUT2D eigenvalue weighted by molar-refractivity contribution is 5.24. The quantitative estimate of drug-likeness (QED) is 0.716. The third-order valence-electron chi connectivity index (χ3n) is 4.97. The molecule has 2 aliphatic rings. The van der Waals surface area contributed by atoms with Gasteiger partial charge in [-0.3, -0.25) is 0 Å². The molecule has 0 unspecified atom stereocenters. The van der Waals surface area contributed by atoms with Crippen molar-refractivity contribution in [2.75, 3.05) is 6.61 Å². The summed E-state index contributed by atoms with van der Waals surface area (Å²) >= 11 is 0. The van der Waals surface area contributed by atoms with Crippen molar-refractivity contribution in [2.45, 2.75) is 46.0 Å². The van der Waals surface area contributed by atoms with Gasteiger partial charge in [0, 0.05) is 0 Å². The molecule has 0 saturated heterocycles. The van der Waals surface area contributed by atoms with E-state index in [0.717, 1.165) is 23.8 Å². The van der Waals surface area contributed by atoms with Gasteiger partial charge >= 0.3 is 0 Å². The Hall–Kier alpha value is -0.560. The molecule has 0 aliphatic heterocycles. The topological polar surface area (TPSA) is 20.2 Å². The van der Waals surface area contributed by atoms with Crippen molar-refractivity contribution < 1.29 is 5.11 Å². The van der Waals surface area contributed by atoms with Crippen molar-refractivity contribution in [3.63, 3.8) is 0 Å². The zero-order chi connectivity index (χ0) is 11.8. The molecule has 2 rings (SSSR count). The molecule has 0 radical (unpaired) electrons. The number of allylic oxidation sites excluding steroid dienone is 2. The van der Waals surface area contributed by atoms with E-state index in [-0.39, 0.29) is 6.61 Å². The van der Waals surface area contributed by atoms with Gasteiger partial charge in [-0.05, 0) is 56.3 Å². The lowest BCUT2D eigenvalue weighted by Gasteiger charge is -2.36. The molecule has 2 aliphatic carbocycles. The highest BCUT2D eigenvalue weighted by atomic mass is 16.3. The van der Waals surface area contributed by atoms with E-state index in [1.807, 2.05) is 6.92 Å². The van der Waals surface area contributed by atoms with Crippen molar-refractivity contribution in [3.05, 3.63) is 23.8 Å². The lowest BCUT2D eigenvalue weighted by molar-refractivity contribution is 0.240. The summed E-state index contributed by atoms with van der Waals surface area (Å²) in [6.45, 7) is 8.94. The number of rotatable bonds is 4. The first-order chi connectivity index (χ1) is 7.58. The fourth-order valence-electron chi connectivity index (χ4n) is 3.65. The molecule has 2 saturated carbocycles. The molecule has 3 atom stereocenters. The number of aliphatic hydroxyl groups excluding tert-OH is 1. The summed E-state index contributed by atoms with van der Waals surface area (Å²) in [4.78, 5) is 0. The van der Waals surface area contributed by atoms with E-state index in [4.69, 9.17) is 5.11 Å². The molecular formula is C15H24O. The van der Waals surface area contributed by atoms with Crippen molar-refractivity contribution in [2.24, 2.45) is 17.3 Å². The molecule has 2 bridgehead atoms. The molecule has 1 N–H and O–H groups in total. The van der Waals surface area contributed by atoms with Crippen LogP contribution in [0.1, 0.15) is 46.0 Å². The third kappa shape index (κ3) is 1.86. The molecule has 16 heavy (non-hydrogen) atoms. The van der Waals surface area contributed by atoms with Gasteiger partial charge in [0.2, 0.25) is 0 Å². The number of hydrogen-bond donors (Lipinski definition) is 1. The van der Waals surface area contributed by atoms with Crippen LogP contribution in [0.4, 0.5) is 0 Å². The first kappa shape index (κ1) is 11.9. The molecule has 2 fully saturated rings. The molecule has 90 valence electrons. The van der Waals surface area contributed by atoms with Crippen LogP contribution >= 0.6 is 0 Å². The van der Waals surface area contributed by atoms with Crippen molar-refractivity contribution in [1.82, 2.24) is 0 Å². The standard InChI is InChI=1S/C15H24O/c1-11(10-16)5-4-8-15(3)12(2)13-6-7-14(15)9-13/h5,13-14,16H,2,4,6-10H2,1,3H3/b11-5-/t13-,14+,15-/m1/s1. The predicted octanol–water partition coefficient (Wildman–Crippen LogP) is 3.70. The Morgan fingerprint density at radius 1 is 1.56 bits per heavy atom. The summed E-state index contributed by atoms with van der Waals surface area (Å²) in [5.41, 5.74) is 2.99. The van der Waals surface area contributed by atoms with E-state index < -0.39 is 0 Å². The highest BCUT2D eigenvalue weighted by Gasteiger charge is 2.49. The summed E-state index contributed by atoms with van der Waals surface area (Å²) in [6.07, 6.45) is 8.66. The summed E-state index contributed by atoms with van der Waals surface area (Å²) < 4.78 is 0. The van der Waals surface area contributed by atoms with Gasteiger partial charge in [0.05, 0.1) is 6.61 Å². The lowest BCUT2D eigenvalue weighted by Crippen LogP contribution is -2.26. The van der Waals surface area contributed by atoms with Crippen LogP contribution in [0.25, 0.3) is 0 Å². The molecule has 0 amide bonds. The van der Waals surface area contributed by atoms with Crippen LogP contribution in [0.15, 0.2) is 23.8 Å². The van der Waals surface area contributed by atoms with E-state index in [0.29, 0.717) is 5.41 Å². The fourth-order valence-corrected chi connectivity index (χ4v) is 3.65. The van der Waals surface area contributed by atoms with Crippen LogP contribution in [0.5, 0.6) is 0 Å². The number of fused-ring (bicyclic) bond motifs is 2. The normalized spacial score (nSPS) is 38.4. The largest absolute Gasteiger partial charge is 0.392 e. The van der Waals surface area contributed by atoms with Crippen LogP contribution in [0.2, 0.25) is 0 Å². The minimum absolute atomic E-state index is 0.198. The second kappa shape index (κ2) is 4.37. The van der Waals surface area contributed by atoms with E-state index in [9.17, 15) is 0 Å². The fraction of sp³-hybridized carbons (Fsp3) is 0.733. The Balaban J connectivity index is 1.96. The first-order valence-electron chi connectivity index (χ1n) is 6.53. The Bertz CT molecular complexity index is 315. The lowest BCUT2D eigenvalue weighted by atomic mass is 9.69. The van der Waals surface area contributed by atoms with Gasteiger partial charge in [-0.2, -0.15) is 0 Å². The Morgan fingerprint density at radius 2 is 2.31 bits per heavy atom. The minimum atomic E-state index is 0.198. The van der Waals surface area contributed by atoms with Gasteiger partial charge in [-0.1, -0.05) is 30.7 Å². The van der Waals surface area contributed by atoms with Crippen LogP contribution in [-0.4, -0.2) is 11.7 Å². The average molecular weight is 220 g/mol. The first-order valence-corrected chi connectivity index (χ1v) is 6.53. The Morgan fingerprint density at radius 3 is 2.88 bits per heavy atom. The van der Waals surface area contributed by atoms with E-state index >= 15 is 0 Å². The Kier molecular flexibility index (Phi) is 3.25. The van der Waals surface area contributed by atoms with Crippen molar-refractivity contribution in [3.8, 4) is 0 Å². The number of hydrogen-bond acceptors (Lipinski definition) is 1.